The van der Waals surface area contributed by atoms with Crippen LogP contribution < -0.4 is 16.4 Å². The van der Waals surface area contributed by atoms with Crippen LogP contribution in [0.1, 0.15) is 38.5 Å². The molecule has 1 heterocycles. The second-order valence-electron chi connectivity index (χ2n) is 7.90. The maximum Gasteiger partial charge on any atom is 0.335 e. The number of primary amides is 1. The van der Waals surface area contributed by atoms with Crippen molar-refractivity contribution >= 4 is 46.5 Å². The number of halogens is 2. The van der Waals surface area contributed by atoms with E-state index in [1.54, 1.807) is 24.3 Å². The van der Waals surface area contributed by atoms with Crippen LogP contribution in [0.3, 0.4) is 0 Å². The van der Waals surface area contributed by atoms with E-state index in [0.717, 1.165) is 11.1 Å². The van der Waals surface area contributed by atoms with E-state index in [9.17, 15) is 14.7 Å². The summed E-state index contributed by atoms with van der Waals surface area (Å²) in [7, 11) is 0. The predicted molar refractivity (Wildman–Crippen MR) is 127 cm³/mol. The Balaban J connectivity index is 1.99. The van der Waals surface area contributed by atoms with Gasteiger partial charge in [-0.1, -0.05) is 47.5 Å². The molecule has 1 aliphatic rings. The number of benzene rings is 3. The van der Waals surface area contributed by atoms with Gasteiger partial charge in [0.25, 0.3) is 0 Å². The Labute approximate surface area is 195 Å². The molecule has 4 rings (SSSR count). The Morgan fingerprint density at radius 3 is 2.19 bits per heavy atom. The van der Waals surface area contributed by atoms with Gasteiger partial charge in [-0.05, 0) is 60.9 Å². The largest absolute Gasteiger partial charge is 0.478 e. The van der Waals surface area contributed by atoms with E-state index < -0.39 is 23.5 Å². The minimum absolute atomic E-state index is 0.0981. The van der Waals surface area contributed by atoms with E-state index in [1.165, 1.54) is 12.1 Å². The van der Waals surface area contributed by atoms with Crippen molar-refractivity contribution in [3.63, 3.8) is 0 Å². The van der Waals surface area contributed by atoms with Gasteiger partial charge in [0.15, 0.2) is 5.66 Å². The van der Waals surface area contributed by atoms with Crippen molar-refractivity contribution in [1.82, 2.24) is 0 Å². The highest BCUT2D eigenvalue weighted by Gasteiger charge is 2.51. The number of amides is 1. The molecule has 6 nitrogen and oxygen atoms in total. The first-order valence-electron chi connectivity index (χ1n) is 9.88. The van der Waals surface area contributed by atoms with Gasteiger partial charge in [0.05, 0.1) is 16.9 Å². The fourth-order valence-corrected chi connectivity index (χ4v) is 4.90. The van der Waals surface area contributed by atoms with Gasteiger partial charge < -0.3 is 21.5 Å². The van der Waals surface area contributed by atoms with Gasteiger partial charge in [-0.25, -0.2) is 4.79 Å². The third-order valence-corrected chi connectivity index (χ3v) is 6.50. The molecular formula is C24H21Cl2N3O3. The van der Waals surface area contributed by atoms with Crippen LogP contribution in [0.15, 0.2) is 54.6 Å². The topological polar surface area (TPSA) is 104 Å². The third kappa shape index (κ3) is 3.55. The number of nitrogens with one attached hydrogen (secondary N) is 2. The maximum absolute atomic E-state index is 13.0. The summed E-state index contributed by atoms with van der Waals surface area (Å²) in [5, 5.41) is 16.7. The van der Waals surface area contributed by atoms with Gasteiger partial charge in [0, 0.05) is 15.6 Å². The number of carbonyl (C=O) groups is 2. The van der Waals surface area contributed by atoms with Crippen LogP contribution in [0.2, 0.25) is 10.0 Å². The number of nitrogens with two attached hydrogens (primary N) is 1. The summed E-state index contributed by atoms with van der Waals surface area (Å²) < 4.78 is 0. The highest BCUT2D eigenvalue weighted by molar-refractivity contribution is 6.36. The van der Waals surface area contributed by atoms with Crippen LogP contribution in [0.25, 0.3) is 0 Å². The number of fused-ring (bicyclic) bond motifs is 1. The number of carboxylic acid groups (broad SMARTS) is 1. The molecule has 5 N–H and O–H groups in total. The van der Waals surface area contributed by atoms with Crippen molar-refractivity contribution in [3.05, 3.63) is 92.5 Å². The summed E-state index contributed by atoms with van der Waals surface area (Å²) in [6, 6.07) is 15.4. The minimum Gasteiger partial charge on any atom is -0.478 e. The Morgan fingerprint density at radius 2 is 1.59 bits per heavy atom. The standard InChI is InChI=1S/C24H21Cl2N3O3/c1-12-6-7-14(10-13(12)2)20(22(27)30)24(21-16(25)4-3-5-17(21)26)28-18-9-8-15(23(31)32)11-19(18)29-24/h3-11,20,28-29H,1-2H3,(H2,27,30)(H,31,32). The van der Waals surface area contributed by atoms with Gasteiger partial charge in [0.1, 0.15) is 5.92 Å². The number of hydrogen-bond donors (Lipinski definition) is 4. The average molecular weight is 470 g/mol. The molecule has 3 aromatic rings. The lowest BCUT2D eigenvalue weighted by atomic mass is 9.79. The van der Waals surface area contributed by atoms with Crippen molar-refractivity contribution in [2.24, 2.45) is 5.73 Å². The van der Waals surface area contributed by atoms with Crippen molar-refractivity contribution < 1.29 is 14.7 Å². The summed E-state index contributed by atoms with van der Waals surface area (Å²) in [5.41, 5.74) is 9.00. The molecule has 0 aliphatic carbocycles. The summed E-state index contributed by atoms with van der Waals surface area (Å²) in [6.07, 6.45) is 0. The third-order valence-electron chi connectivity index (χ3n) is 5.87. The van der Waals surface area contributed by atoms with Crippen molar-refractivity contribution in [3.8, 4) is 0 Å². The van der Waals surface area contributed by atoms with Gasteiger partial charge in [-0.15, -0.1) is 0 Å². The monoisotopic (exact) mass is 469 g/mol. The second kappa shape index (κ2) is 8.04. The van der Waals surface area contributed by atoms with Crippen LogP contribution in [0, 0.1) is 13.8 Å². The fraction of sp³-hybridized carbons (Fsp3) is 0.167. The van der Waals surface area contributed by atoms with Gasteiger partial charge >= 0.3 is 5.97 Å². The number of rotatable bonds is 5. The van der Waals surface area contributed by atoms with E-state index in [4.69, 9.17) is 28.9 Å². The molecule has 32 heavy (non-hydrogen) atoms. The number of hydrogen-bond acceptors (Lipinski definition) is 4. The highest BCUT2D eigenvalue weighted by Crippen LogP contribution is 2.51. The zero-order chi connectivity index (χ0) is 23.2. The Morgan fingerprint density at radius 1 is 0.938 bits per heavy atom. The van der Waals surface area contributed by atoms with E-state index >= 15 is 0 Å². The molecule has 3 aromatic carbocycles. The van der Waals surface area contributed by atoms with Crippen LogP contribution in [-0.2, 0) is 10.5 Å². The highest BCUT2D eigenvalue weighted by atomic mass is 35.5. The summed E-state index contributed by atoms with van der Waals surface area (Å²) in [5.74, 6) is -2.60. The first-order valence-corrected chi connectivity index (χ1v) is 10.6. The number of aromatic carboxylic acids is 1. The molecule has 8 heteroatoms. The molecule has 1 aliphatic heterocycles. The van der Waals surface area contributed by atoms with Crippen molar-refractivity contribution in [2.75, 3.05) is 10.6 Å². The van der Waals surface area contributed by atoms with E-state index in [1.807, 2.05) is 32.0 Å². The number of carboxylic acids is 1. The molecule has 0 saturated carbocycles. The Bertz CT molecular complexity index is 1240. The van der Waals surface area contributed by atoms with Crippen molar-refractivity contribution in [1.29, 1.82) is 0 Å². The van der Waals surface area contributed by atoms with E-state index in [0.29, 0.717) is 32.5 Å². The Hall–Kier alpha value is -3.22. The lowest BCUT2D eigenvalue weighted by Crippen LogP contribution is -2.50. The molecule has 0 spiro atoms. The predicted octanol–water partition coefficient (Wildman–Crippen LogP) is 5.27. The van der Waals surface area contributed by atoms with E-state index in [2.05, 4.69) is 10.6 Å². The van der Waals surface area contributed by atoms with Gasteiger partial charge in [0.2, 0.25) is 5.91 Å². The summed E-state index contributed by atoms with van der Waals surface area (Å²) >= 11 is 13.2. The fourth-order valence-electron chi connectivity index (χ4n) is 4.21. The van der Waals surface area contributed by atoms with Crippen LogP contribution in [0.4, 0.5) is 11.4 Å². The SMILES string of the molecule is Cc1ccc(C(C(N)=O)C2(c3c(Cl)cccc3Cl)Nc3ccc(C(=O)O)cc3N2)cc1C. The molecule has 0 aromatic heterocycles. The Kier molecular flexibility index (Phi) is 5.53. The number of aryl methyl sites for hydroxylation is 2. The molecule has 0 bridgehead atoms. The first kappa shape index (κ1) is 22.0. The van der Waals surface area contributed by atoms with E-state index in [-0.39, 0.29) is 5.56 Å². The van der Waals surface area contributed by atoms with Gasteiger partial charge in [-0.3, -0.25) is 4.79 Å². The minimum atomic E-state index is -1.34. The molecule has 0 fully saturated rings. The second-order valence-corrected chi connectivity index (χ2v) is 8.71. The lowest BCUT2D eigenvalue weighted by Gasteiger charge is -2.39. The molecule has 0 radical (unpaired) electrons. The lowest BCUT2D eigenvalue weighted by molar-refractivity contribution is -0.120. The molecule has 164 valence electrons. The van der Waals surface area contributed by atoms with Crippen LogP contribution >= 0.6 is 23.2 Å². The molecule has 0 saturated heterocycles. The summed E-state index contributed by atoms with van der Waals surface area (Å²) in [4.78, 5) is 24.5. The summed E-state index contributed by atoms with van der Waals surface area (Å²) in [6.45, 7) is 3.93. The zero-order valence-electron chi connectivity index (χ0n) is 17.4. The molecule has 1 amide bonds. The first-order chi connectivity index (χ1) is 15.1. The number of anilines is 2. The molecule has 2 atom stereocenters. The van der Waals surface area contributed by atoms with Crippen LogP contribution in [-0.4, -0.2) is 17.0 Å². The molecular weight excluding hydrogens is 449 g/mol. The maximum atomic E-state index is 13.0. The van der Waals surface area contributed by atoms with Gasteiger partial charge in [-0.2, -0.15) is 0 Å². The zero-order valence-corrected chi connectivity index (χ0v) is 18.9. The van der Waals surface area contributed by atoms with Crippen molar-refractivity contribution in [2.45, 2.75) is 25.4 Å². The quantitative estimate of drug-likeness (QED) is 0.407. The normalized spacial score (nSPS) is 17.8. The smallest absolute Gasteiger partial charge is 0.335 e. The molecule has 2 unspecified atom stereocenters. The average Bonchev–Trinajstić information content (AvgIpc) is 3.08. The number of carbonyl (C=O) groups excluding carboxylic acids is 1. The van der Waals surface area contributed by atoms with Crippen LogP contribution in [0.5, 0.6) is 0 Å².